The summed E-state index contributed by atoms with van der Waals surface area (Å²) >= 11 is 0. The normalized spacial score (nSPS) is 10.4. The minimum atomic E-state index is -0.651. The Balaban J connectivity index is 1.92. The zero-order chi connectivity index (χ0) is 22.1. The highest BCUT2D eigenvalue weighted by molar-refractivity contribution is 5.94. The number of hydrogen-bond donors (Lipinski definition) is 1. The van der Waals surface area contributed by atoms with Crippen LogP contribution in [-0.4, -0.2) is 53.9 Å². The lowest BCUT2D eigenvalue weighted by atomic mass is 10.1. The number of hydrogen-bond acceptors (Lipinski definition) is 7. The number of nitrogens with one attached hydrogen (secondary N) is 1. The predicted molar refractivity (Wildman–Crippen MR) is 115 cm³/mol. The molecule has 0 saturated carbocycles. The van der Waals surface area contributed by atoms with Gasteiger partial charge in [0.05, 0.1) is 21.3 Å². The van der Waals surface area contributed by atoms with Crippen molar-refractivity contribution in [3.8, 4) is 17.2 Å². The molecule has 30 heavy (non-hydrogen) atoms. The molecule has 8 nitrogen and oxygen atoms in total. The van der Waals surface area contributed by atoms with E-state index in [1.807, 2.05) is 31.1 Å². The SMILES string of the molecule is COc1cc(C=CC(=O)OCC(=O)Nc2ccc(N(C)C)cc2)cc(OC)c1OC. The largest absolute Gasteiger partial charge is 0.493 e. The Morgan fingerprint density at radius 1 is 0.967 bits per heavy atom. The smallest absolute Gasteiger partial charge is 0.331 e. The molecule has 0 aliphatic heterocycles. The van der Waals surface area contributed by atoms with Crippen molar-refractivity contribution in [1.29, 1.82) is 0 Å². The Morgan fingerprint density at radius 3 is 2.07 bits per heavy atom. The van der Waals surface area contributed by atoms with Crippen molar-refractivity contribution in [2.45, 2.75) is 0 Å². The lowest BCUT2D eigenvalue weighted by Gasteiger charge is -2.13. The number of nitrogens with zero attached hydrogens (tertiary/aromatic N) is 1. The van der Waals surface area contributed by atoms with E-state index in [9.17, 15) is 9.59 Å². The van der Waals surface area contributed by atoms with Gasteiger partial charge in [0.2, 0.25) is 5.75 Å². The molecule has 0 fully saturated rings. The number of rotatable bonds is 9. The van der Waals surface area contributed by atoms with Crippen molar-refractivity contribution in [1.82, 2.24) is 0 Å². The first-order valence-corrected chi connectivity index (χ1v) is 9.10. The molecule has 0 aromatic heterocycles. The second-order valence-electron chi connectivity index (χ2n) is 6.39. The molecule has 0 saturated heterocycles. The van der Waals surface area contributed by atoms with Gasteiger partial charge in [0.25, 0.3) is 5.91 Å². The molecular formula is C22H26N2O6. The van der Waals surface area contributed by atoms with Crippen molar-refractivity contribution < 1.29 is 28.5 Å². The molecule has 0 unspecified atom stereocenters. The minimum Gasteiger partial charge on any atom is -0.493 e. The van der Waals surface area contributed by atoms with Crippen molar-refractivity contribution in [2.75, 3.05) is 52.2 Å². The number of methoxy groups -OCH3 is 3. The molecule has 1 N–H and O–H groups in total. The highest BCUT2D eigenvalue weighted by atomic mass is 16.5. The molecule has 160 valence electrons. The molecule has 1 amide bonds. The van der Waals surface area contributed by atoms with Gasteiger partial charge in [-0.15, -0.1) is 0 Å². The molecule has 0 spiro atoms. The summed E-state index contributed by atoms with van der Waals surface area (Å²) in [5.74, 6) is 0.299. The van der Waals surface area contributed by atoms with Gasteiger partial charge in [-0.2, -0.15) is 0 Å². The second-order valence-corrected chi connectivity index (χ2v) is 6.39. The van der Waals surface area contributed by atoms with Crippen LogP contribution in [0.1, 0.15) is 5.56 Å². The number of benzene rings is 2. The van der Waals surface area contributed by atoms with Crippen molar-refractivity contribution in [3.05, 3.63) is 48.0 Å². The third-order valence-corrected chi connectivity index (χ3v) is 4.11. The van der Waals surface area contributed by atoms with E-state index in [4.69, 9.17) is 18.9 Å². The summed E-state index contributed by atoms with van der Waals surface area (Å²) in [6, 6.07) is 10.7. The fourth-order valence-electron chi connectivity index (χ4n) is 2.59. The van der Waals surface area contributed by atoms with Gasteiger partial charge in [-0.3, -0.25) is 4.79 Å². The van der Waals surface area contributed by atoms with Crippen LogP contribution in [-0.2, 0) is 14.3 Å². The van der Waals surface area contributed by atoms with Crippen LogP contribution in [0.4, 0.5) is 11.4 Å². The quantitative estimate of drug-likeness (QED) is 0.499. The average Bonchev–Trinajstić information content (AvgIpc) is 2.75. The number of amides is 1. The molecule has 0 aliphatic carbocycles. The van der Waals surface area contributed by atoms with Gasteiger partial charge < -0.3 is 29.2 Å². The predicted octanol–water partition coefficient (Wildman–Crippen LogP) is 2.97. The first-order chi connectivity index (χ1) is 14.4. The van der Waals surface area contributed by atoms with E-state index in [0.29, 0.717) is 28.5 Å². The van der Waals surface area contributed by atoms with Crippen LogP contribution in [0.25, 0.3) is 6.08 Å². The number of carbonyl (C=O) groups is 2. The van der Waals surface area contributed by atoms with Gasteiger partial charge in [-0.1, -0.05) is 0 Å². The summed E-state index contributed by atoms with van der Waals surface area (Å²) in [5, 5.41) is 2.67. The van der Waals surface area contributed by atoms with Gasteiger partial charge in [-0.25, -0.2) is 4.79 Å². The Hall–Kier alpha value is -3.68. The average molecular weight is 414 g/mol. The first-order valence-electron chi connectivity index (χ1n) is 9.10. The van der Waals surface area contributed by atoms with Gasteiger partial charge in [0.15, 0.2) is 18.1 Å². The van der Waals surface area contributed by atoms with Crippen molar-refractivity contribution in [3.63, 3.8) is 0 Å². The third kappa shape index (κ3) is 6.16. The topological polar surface area (TPSA) is 86.3 Å². The molecule has 2 aromatic carbocycles. The summed E-state index contributed by atoms with van der Waals surface area (Å²) in [4.78, 5) is 25.9. The summed E-state index contributed by atoms with van der Waals surface area (Å²) < 4.78 is 20.8. The lowest BCUT2D eigenvalue weighted by Crippen LogP contribution is -2.20. The van der Waals surface area contributed by atoms with Gasteiger partial charge in [0.1, 0.15) is 0 Å². The molecular weight excluding hydrogens is 388 g/mol. The highest BCUT2D eigenvalue weighted by Crippen LogP contribution is 2.38. The number of ether oxygens (including phenoxy) is 4. The minimum absolute atomic E-state index is 0.395. The maximum absolute atomic E-state index is 12.0. The molecule has 2 aromatic rings. The molecule has 0 radical (unpaired) electrons. The van der Waals surface area contributed by atoms with Gasteiger partial charge in [-0.05, 0) is 48.0 Å². The van der Waals surface area contributed by atoms with E-state index < -0.39 is 18.5 Å². The van der Waals surface area contributed by atoms with Crippen LogP contribution in [0.2, 0.25) is 0 Å². The van der Waals surface area contributed by atoms with E-state index in [0.717, 1.165) is 5.69 Å². The Labute approximate surface area is 176 Å². The summed E-state index contributed by atoms with van der Waals surface area (Å²) in [6.45, 7) is -0.395. The summed E-state index contributed by atoms with van der Waals surface area (Å²) in [5.41, 5.74) is 2.28. The van der Waals surface area contributed by atoms with E-state index in [1.54, 1.807) is 24.3 Å². The zero-order valence-corrected chi connectivity index (χ0v) is 17.7. The summed E-state index contributed by atoms with van der Waals surface area (Å²) in [6.07, 6.45) is 2.75. The zero-order valence-electron chi connectivity index (χ0n) is 17.7. The van der Waals surface area contributed by atoms with Crippen LogP contribution in [0.3, 0.4) is 0 Å². The van der Waals surface area contributed by atoms with E-state index >= 15 is 0 Å². The van der Waals surface area contributed by atoms with E-state index in [-0.39, 0.29) is 0 Å². The second kappa shape index (κ2) is 10.8. The standard InChI is InChI=1S/C22H26N2O6/c1-24(2)17-9-7-16(8-10-17)23-20(25)14-30-21(26)11-6-15-12-18(27-3)22(29-5)19(13-15)28-4/h6-13H,14H2,1-5H3,(H,23,25). The van der Waals surface area contributed by atoms with E-state index in [1.165, 1.54) is 33.5 Å². The number of esters is 1. The molecule has 0 heterocycles. The highest BCUT2D eigenvalue weighted by Gasteiger charge is 2.12. The van der Waals surface area contributed by atoms with Crippen LogP contribution in [0.5, 0.6) is 17.2 Å². The third-order valence-electron chi connectivity index (χ3n) is 4.11. The van der Waals surface area contributed by atoms with E-state index in [2.05, 4.69) is 5.32 Å². The van der Waals surface area contributed by atoms with Gasteiger partial charge in [0, 0.05) is 31.5 Å². The van der Waals surface area contributed by atoms with Crippen molar-refractivity contribution in [2.24, 2.45) is 0 Å². The first kappa shape index (κ1) is 22.6. The van der Waals surface area contributed by atoms with Crippen molar-refractivity contribution >= 4 is 29.3 Å². The number of anilines is 2. The molecule has 2 rings (SSSR count). The monoisotopic (exact) mass is 414 g/mol. The molecule has 0 bridgehead atoms. The van der Waals surface area contributed by atoms with Crippen LogP contribution < -0.4 is 24.4 Å². The maximum Gasteiger partial charge on any atom is 0.331 e. The summed E-state index contributed by atoms with van der Waals surface area (Å²) in [7, 11) is 8.38. The molecule has 0 atom stereocenters. The fraction of sp³-hybridized carbons (Fsp3) is 0.273. The Kier molecular flexibility index (Phi) is 8.10. The maximum atomic E-state index is 12.0. The van der Waals surface area contributed by atoms with Gasteiger partial charge >= 0.3 is 5.97 Å². The fourth-order valence-corrected chi connectivity index (χ4v) is 2.59. The lowest BCUT2D eigenvalue weighted by molar-refractivity contribution is -0.142. The molecule has 8 heteroatoms. The Morgan fingerprint density at radius 2 is 1.57 bits per heavy atom. The van der Waals surface area contributed by atoms with Crippen LogP contribution in [0.15, 0.2) is 42.5 Å². The molecule has 0 aliphatic rings. The number of carbonyl (C=O) groups excluding carboxylic acids is 2. The Bertz CT molecular complexity index is 881. The van der Waals surface area contributed by atoms with Crippen LogP contribution in [0, 0.1) is 0 Å². The van der Waals surface area contributed by atoms with Crippen LogP contribution >= 0.6 is 0 Å².